The van der Waals surface area contributed by atoms with Crippen LogP contribution in [0.3, 0.4) is 0 Å². The molecule has 0 bridgehead atoms. The van der Waals surface area contributed by atoms with Crippen molar-refractivity contribution in [3.8, 4) is 0 Å². The van der Waals surface area contributed by atoms with Crippen LogP contribution >= 0.6 is 0 Å². The molecule has 142 valence electrons. The number of hydrogen-bond acceptors (Lipinski definition) is 4. The first-order chi connectivity index (χ1) is 13.6. The van der Waals surface area contributed by atoms with Crippen molar-refractivity contribution < 1.29 is 9.59 Å². The van der Waals surface area contributed by atoms with Crippen LogP contribution in [0.4, 0.5) is 5.82 Å². The van der Waals surface area contributed by atoms with Crippen LogP contribution < -0.4 is 10.6 Å². The molecule has 0 radical (unpaired) electrons. The van der Waals surface area contributed by atoms with Crippen LogP contribution in [0.25, 0.3) is 0 Å². The lowest BCUT2D eigenvalue weighted by Gasteiger charge is -2.35. The molecule has 0 unspecified atom stereocenters. The molecular weight excluding hydrogens is 350 g/mol. The summed E-state index contributed by atoms with van der Waals surface area (Å²) < 4.78 is 0. The van der Waals surface area contributed by atoms with E-state index in [-0.39, 0.29) is 17.6 Å². The lowest BCUT2D eigenvalue weighted by atomic mass is 9.74. The Morgan fingerprint density at radius 3 is 2.64 bits per heavy atom. The van der Waals surface area contributed by atoms with Gasteiger partial charge in [-0.25, -0.2) is 4.98 Å². The van der Waals surface area contributed by atoms with E-state index in [0.29, 0.717) is 17.8 Å². The van der Waals surface area contributed by atoms with Gasteiger partial charge in [-0.15, -0.1) is 0 Å². The average molecular weight is 373 g/mol. The molecule has 2 aromatic rings. The lowest BCUT2D eigenvalue weighted by molar-refractivity contribution is -0.116. The molecule has 2 heterocycles. The number of carbonyl (C=O) groups is 2. The molecule has 0 spiro atoms. The van der Waals surface area contributed by atoms with Crippen molar-refractivity contribution in [2.24, 2.45) is 0 Å². The van der Waals surface area contributed by atoms with E-state index in [0.717, 1.165) is 40.9 Å². The van der Waals surface area contributed by atoms with E-state index in [9.17, 15) is 9.59 Å². The van der Waals surface area contributed by atoms with Gasteiger partial charge < -0.3 is 10.6 Å². The maximum atomic E-state index is 13.3. The van der Waals surface area contributed by atoms with Crippen molar-refractivity contribution in [3.63, 3.8) is 0 Å². The van der Waals surface area contributed by atoms with E-state index in [1.54, 1.807) is 18.3 Å². The van der Waals surface area contributed by atoms with Gasteiger partial charge in [0.25, 0.3) is 5.91 Å². The van der Waals surface area contributed by atoms with Crippen molar-refractivity contribution in [2.75, 3.05) is 5.32 Å². The Bertz CT molecular complexity index is 1010. The molecule has 1 aromatic carbocycles. The molecule has 5 nitrogen and oxygen atoms in total. The standard InChI is InChI=1S/C23H23N3O2/c1-14-8-3-4-9-16(14)21-20(23(28)26-19-12-5-6-13-24-19)15(2)25-17-10-7-11-18(27)22(17)21/h3-6,8-9,12-13,21,25H,7,10-11H2,1-2H3,(H,24,26,28)/t21-/m0/s1. The number of Topliss-reactive ketones (excluding diaryl/α,β-unsaturated/α-hetero) is 1. The number of hydrogen-bond donors (Lipinski definition) is 2. The van der Waals surface area contributed by atoms with Crippen molar-refractivity contribution in [2.45, 2.75) is 39.0 Å². The second-order valence-corrected chi connectivity index (χ2v) is 7.29. The fraction of sp³-hybridized carbons (Fsp3) is 0.261. The minimum absolute atomic E-state index is 0.123. The maximum Gasteiger partial charge on any atom is 0.255 e. The minimum atomic E-state index is -0.367. The SMILES string of the molecule is CC1=C(C(=O)Nc2ccccn2)[C@H](c2ccccc2C)C2=C(CCCC2=O)N1. The molecule has 0 saturated carbocycles. The zero-order valence-electron chi connectivity index (χ0n) is 16.1. The number of nitrogens with zero attached hydrogens (tertiary/aromatic N) is 1. The number of dihydropyridines is 1. The number of benzene rings is 1. The zero-order chi connectivity index (χ0) is 19.7. The van der Waals surface area contributed by atoms with Gasteiger partial charge in [0.2, 0.25) is 0 Å². The predicted octanol–water partition coefficient (Wildman–Crippen LogP) is 4.00. The number of aryl methyl sites for hydroxylation is 1. The van der Waals surface area contributed by atoms with Gasteiger partial charge in [-0.1, -0.05) is 30.3 Å². The topological polar surface area (TPSA) is 71.1 Å². The Morgan fingerprint density at radius 2 is 1.89 bits per heavy atom. The molecule has 2 aliphatic rings. The fourth-order valence-corrected chi connectivity index (χ4v) is 4.13. The summed E-state index contributed by atoms with van der Waals surface area (Å²) in [6.45, 7) is 3.93. The summed E-state index contributed by atoms with van der Waals surface area (Å²) in [5.74, 6) is 0.0135. The van der Waals surface area contributed by atoms with Crippen LogP contribution in [0.2, 0.25) is 0 Å². The zero-order valence-corrected chi connectivity index (χ0v) is 16.1. The molecule has 2 N–H and O–H groups in total. The second-order valence-electron chi connectivity index (χ2n) is 7.29. The lowest BCUT2D eigenvalue weighted by Crippen LogP contribution is -2.35. The van der Waals surface area contributed by atoms with Crippen LogP contribution in [0.15, 0.2) is 71.2 Å². The number of amides is 1. The molecule has 0 saturated heterocycles. The Morgan fingerprint density at radius 1 is 1.11 bits per heavy atom. The first-order valence-electron chi connectivity index (χ1n) is 9.58. The molecule has 1 amide bonds. The summed E-state index contributed by atoms with van der Waals surface area (Å²) in [5.41, 5.74) is 5.12. The smallest absolute Gasteiger partial charge is 0.255 e. The normalized spacial score (nSPS) is 19.2. The van der Waals surface area contributed by atoms with Crippen LogP contribution in [0.5, 0.6) is 0 Å². The number of pyridine rings is 1. The first-order valence-corrected chi connectivity index (χ1v) is 9.58. The highest BCUT2D eigenvalue weighted by molar-refractivity contribution is 6.09. The van der Waals surface area contributed by atoms with E-state index in [4.69, 9.17) is 0 Å². The van der Waals surface area contributed by atoms with Gasteiger partial charge in [-0.2, -0.15) is 0 Å². The summed E-state index contributed by atoms with van der Waals surface area (Å²) >= 11 is 0. The number of allylic oxidation sites excluding steroid dienone is 3. The summed E-state index contributed by atoms with van der Waals surface area (Å²) in [4.78, 5) is 30.4. The maximum absolute atomic E-state index is 13.3. The first kappa shape index (κ1) is 18.2. The van der Waals surface area contributed by atoms with Gasteiger partial charge in [0, 0.05) is 41.1 Å². The molecule has 5 heteroatoms. The van der Waals surface area contributed by atoms with E-state index in [2.05, 4.69) is 15.6 Å². The van der Waals surface area contributed by atoms with Crippen LogP contribution in [-0.2, 0) is 9.59 Å². The highest BCUT2D eigenvalue weighted by atomic mass is 16.2. The molecular formula is C23H23N3O2. The van der Waals surface area contributed by atoms with Crippen molar-refractivity contribution in [3.05, 3.63) is 82.3 Å². The summed E-state index contributed by atoms with van der Waals surface area (Å²) in [5, 5.41) is 6.23. The van der Waals surface area contributed by atoms with Crippen LogP contribution in [-0.4, -0.2) is 16.7 Å². The molecule has 0 fully saturated rings. The number of aromatic nitrogens is 1. The molecule has 1 atom stereocenters. The van der Waals surface area contributed by atoms with E-state index >= 15 is 0 Å². The second kappa shape index (κ2) is 7.43. The highest BCUT2D eigenvalue weighted by Gasteiger charge is 2.38. The third-order valence-electron chi connectivity index (χ3n) is 5.43. The molecule has 1 aromatic heterocycles. The molecule has 28 heavy (non-hydrogen) atoms. The van der Waals surface area contributed by atoms with Gasteiger partial charge in [-0.05, 0) is 49.9 Å². The summed E-state index contributed by atoms with van der Waals surface area (Å²) in [7, 11) is 0. The van der Waals surface area contributed by atoms with Crippen molar-refractivity contribution in [1.82, 2.24) is 10.3 Å². The molecule has 4 rings (SSSR count). The van der Waals surface area contributed by atoms with Gasteiger partial charge in [0.15, 0.2) is 5.78 Å². The van der Waals surface area contributed by atoms with Gasteiger partial charge in [-0.3, -0.25) is 9.59 Å². The Kier molecular flexibility index (Phi) is 4.82. The Labute approximate surface area is 164 Å². The predicted molar refractivity (Wildman–Crippen MR) is 109 cm³/mol. The largest absolute Gasteiger partial charge is 0.362 e. The van der Waals surface area contributed by atoms with Crippen LogP contribution in [0.1, 0.15) is 43.2 Å². The van der Waals surface area contributed by atoms with Crippen molar-refractivity contribution >= 4 is 17.5 Å². The number of nitrogens with one attached hydrogen (secondary N) is 2. The number of rotatable bonds is 3. The highest BCUT2D eigenvalue weighted by Crippen LogP contribution is 2.43. The fourth-order valence-electron chi connectivity index (χ4n) is 4.13. The summed E-state index contributed by atoms with van der Waals surface area (Å²) in [6, 6.07) is 13.4. The van der Waals surface area contributed by atoms with Gasteiger partial charge >= 0.3 is 0 Å². The average Bonchev–Trinajstić information content (AvgIpc) is 2.68. The van der Waals surface area contributed by atoms with Gasteiger partial charge in [0.1, 0.15) is 5.82 Å². The number of carbonyl (C=O) groups excluding carboxylic acids is 2. The summed E-state index contributed by atoms with van der Waals surface area (Å²) in [6.07, 6.45) is 3.83. The molecule has 1 aliphatic heterocycles. The van der Waals surface area contributed by atoms with Crippen LogP contribution in [0, 0.1) is 6.92 Å². The molecule has 1 aliphatic carbocycles. The third-order valence-corrected chi connectivity index (χ3v) is 5.43. The van der Waals surface area contributed by atoms with E-state index in [1.807, 2.05) is 44.2 Å². The number of ketones is 1. The van der Waals surface area contributed by atoms with E-state index in [1.165, 1.54) is 0 Å². The Balaban J connectivity index is 1.82. The quantitative estimate of drug-likeness (QED) is 0.853. The minimum Gasteiger partial charge on any atom is -0.362 e. The number of anilines is 1. The Hall–Kier alpha value is -3.21. The third kappa shape index (κ3) is 3.24. The van der Waals surface area contributed by atoms with Crippen molar-refractivity contribution in [1.29, 1.82) is 0 Å². The van der Waals surface area contributed by atoms with Gasteiger partial charge in [0.05, 0.1) is 0 Å². The monoisotopic (exact) mass is 373 g/mol. The van der Waals surface area contributed by atoms with E-state index < -0.39 is 0 Å².